The summed E-state index contributed by atoms with van der Waals surface area (Å²) in [5.74, 6) is -1.63. The number of nitrogens with zero attached hydrogens (tertiary/aromatic N) is 1. The summed E-state index contributed by atoms with van der Waals surface area (Å²) in [6.07, 6.45) is 0. The molecular weight excluding hydrogens is 212 g/mol. The van der Waals surface area contributed by atoms with Gasteiger partial charge in [-0.05, 0) is 24.3 Å². The average molecular weight is 220 g/mol. The number of H-pyrrole nitrogens is 1. The molecule has 82 valence electrons. The summed E-state index contributed by atoms with van der Waals surface area (Å²) in [5, 5.41) is 33.2. The number of hydrogen-bond acceptors (Lipinski definition) is 4. The van der Waals surface area contributed by atoms with E-state index in [2.05, 4.69) is 10.2 Å². The molecule has 0 saturated heterocycles. The highest BCUT2D eigenvalue weighted by Crippen LogP contribution is 2.29. The van der Waals surface area contributed by atoms with Gasteiger partial charge in [0.15, 0.2) is 11.5 Å². The molecule has 0 bridgehead atoms. The molecular formula is C10H8N2O4. The van der Waals surface area contributed by atoms with E-state index in [-0.39, 0.29) is 17.2 Å². The Kier molecular flexibility index (Phi) is 2.24. The van der Waals surface area contributed by atoms with Crippen LogP contribution in [0, 0.1) is 0 Å². The first kappa shape index (κ1) is 10.0. The van der Waals surface area contributed by atoms with Crippen LogP contribution in [0.5, 0.6) is 11.5 Å². The van der Waals surface area contributed by atoms with E-state index in [0.29, 0.717) is 11.3 Å². The lowest BCUT2D eigenvalue weighted by Gasteiger charge is -1.99. The number of carboxylic acid groups (broad SMARTS) is 1. The highest BCUT2D eigenvalue weighted by Gasteiger charge is 2.10. The maximum Gasteiger partial charge on any atom is 0.353 e. The van der Waals surface area contributed by atoms with Gasteiger partial charge in [0, 0.05) is 5.56 Å². The highest BCUT2D eigenvalue weighted by atomic mass is 16.4. The summed E-state index contributed by atoms with van der Waals surface area (Å²) in [7, 11) is 0. The molecule has 0 amide bonds. The molecule has 2 rings (SSSR count). The van der Waals surface area contributed by atoms with Gasteiger partial charge < -0.3 is 15.3 Å². The van der Waals surface area contributed by atoms with Crippen LogP contribution in [0.25, 0.3) is 11.3 Å². The number of aromatic nitrogens is 2. The fourth-order valence-electron chi connectivity index (χ4n) is 1.26. The molecule has 4 N–H and O–H groups in total. The Labute approximate surface area is 89.8 Å². The van der Waals surface area contributed by atoms with Crippen LogP contribution in [0.4, 0.5) is 0 Å². The minimum Gasteiger partial charge on any atom is -0.504 e. The number of carboxylic acids is 1. The summed E-state index contributed by atoms with van der Waals surface area (Å²) in [4.78, 5) is 10.6. The third-order valence-electron chi connectivity index (χ3n) is 2.08. The lowest BCUT2D eigenvalue weighted by molar-refractivity contribution is 0.0690. The van der Waals surface area contributed by atoms with Crippen molar-refractivity contribution in [2.45, 2.75) is 0 Å². The van der Waals surface area contributed by atoms with Crippen molar-refractivity contribution in [2.75, 3.05) is 0 Å². The molecule has 6 heteroatoms. The number of phenolic OH excluding ortho intramolecular Hbond substituents is 2. The molecule has 1 aromatic heterocycles. The number of aromatic carboxylic acids is 1. The van der Waals surface area contributed by atoms with Crippen molar-refractivity contribution in [3.63, 3.8) is 0 Å². The van der Waals surface area contributed by atoms with Crippen LogP contribution in [0.1, 0.15) is 10.5 Å². The summed E-state index contributed by atoms with van der Waals surface area (Å²) >= 11 is 0. The second-order valence-electron chi connectivity index (χ2n) is 3.18. The molecule has 0 radical (unpaired) electrons. The molecule has 0 atom stereocenters. The van der Waals surface area contributed by atoms with Gasteiger partial charge in [-0.25, -0.2) is 4.79 Å². The Balaban J connectivity index is 2.42. The average Bonchev–Trinajstić information content (AvgIpc) is 2.71. The number of phenols is 2. The lowest BCUT2D eigenvalue weighted by Crippen LogP contribution is -1.95. The van der Waals surface area contributed by atoms with Gasteiger partial charge in [-0.2, -0.15) is 5.10 Å². The van der Waals surface area contributed by atoms with Gasteiger partial charge in [0.05, 0.1) is 5.69 Å². The Bertz CT molecular complexity index is 548. The van der Waals surface area contributed by atoms with Crippen molar-refractivity contribution in [1.82, 2.24) is 10.2 Å². The molecule has 1 aromatic carbocycles. The number of nitrogens with one attached hydrogen (secondary N) is 1. The van der Waals surface area contributed by atoms with Gasteiger partial charge in [-0.15, -0.1) is 0 Å². The van der Waals surface area contributed by atoms with Gasteiger partial charge in [0.1, 0.15) is 5.69 Å². The monoisotopic (exact) mass is 220 g/mol. The summed E-state index contributed by atoms with van der Waals surface area (Å²) in [5.41, 5.74) is 0.856. The number of carbonyl (C=O) groups is 1. The van der Waals surface area contributed by atoms with Crippen molar-refractivity contribution in [3.8, 4) is 22.8 Å². The van der Waals surface area contributed by atoms with Gasteiger partial charge in [0.2, 0.25) is 0 Å². The quantitative estimate of drug-likeness (QED) is 0.568. The zero-order valence-corrected chi connectivity index (χ0v) is 8.01. The molecule has 16 heavy (non-hydrogen) atoms. The molecule has 0 fully saturated rings. The maximum absolute atomic E-state index is 10.6. The van der Waals surface area contributed by atoms with E-state index in [9.17, 15) is 9.90 Å². The minimum absolute atomic E-state index is 0.0393. The van der Waals surface area contributed by atoms with Crippen molar-refractivity contribution >= 4 is 5.97 Å². The van der Waals surface area contributed by atoms with Crippen LogP contribution >= 0.6 is 0 Å². The van der Waals surface area contributed by atoms with E-state index in [4.69, 9.17) is 10.2 Å². The standard InChI is InChI=1S/C10H8N2O4/c13-8-2-1-5(3-9(8)14)6-4-7(10(15)16)12-11-6/h1-4,13-14H,(H,11,12)(H,15,16). The SMILES string of the molecule is O=C(O)c1cc(-c2ccc(O)c(O)c2)n[nH]1. The summed E-state index contributed by atoms with van der Waals surface area (Å²) in [6, 6.07) is 5.47. The first-order valence-electron chi connectivity index (χ1n) is 4.39. The van der Waals surface area contributed by atoms with Crippen molar-refractivity contribution < 1.29 is 20.1 Å². The van der Waals surface area contributed by atoms with Crippen molar-refractivity contribution in [3.05, 3.63) is 30.0 Å². The van der Waals surface area contributed by atoms with Crippen molar-refractivity contribution in [1.29, 1.82) is 0 Å². The first-order valence-corrected chi connectivity index (χ1v) is 4.39. The zero-order valence-electron chi connectivity index (χ0n) is 8.01. The number of aromatic amines is 1. The maximum atomic E-state index is 10.6. The predicted octanol–water partition coefficient (Wildman–Crippen LogP) is 1.19. The zero-order chi connectivity index (χ0) is 11.7. The van der Waals surface area contributed by atoms with Crippen LogP contribution < -0.4 is 0 Å². The normalized spacial score (nSPS) is 10.2. The third kappa shape index (κ3) is 1.68. The van der Waals surface area contributed by atoms with Crippen LogP contribution in [-0.4, -0.2) is 31.5 Å². The molecule has 0 aliphatic carbocycles. The van der Waals surface area contributed by atoms with Crippen LogP contribution in [0.3, 0.4) is 0 Å². The van der Waals surface area contributed by atoms with Gasteiger partial charge in [-0.1, -0.05) is 0 Å². The summed E-state index contributed by atoms with van der Waals surface area (Å²) in [6.45, 7) is 0. The van der Waals surface area contributed by atoms with Crippen molar-refractivity contribution in [2.24, 2.45) is 0 Å². The van der Waals surface area contributed by atoms with Crippen LogP contribution in [-0.2, 0) is 0 Å². The molecule has 6 nitrogen and oxygen atoms in total. The van der Waals surface area contributed by atoms with Gasteiger partial charge in [0.25, 0.3) is 0 Å². The number of rotatable bonds is 2. The van der Waals surface area contributed by atoms with E-state index >= 15 is 0 Å². The van der Waals surface area contributed by atoms with Gasteiger partial charge in [-0.3, -0.25) is 5.10 Å². The topological polar surface area (TPSA) is 106 Å². The highest BCUT2D eigenvalue weighted by molar-refractivity contribution is 5.86. The molecule has 0 spiro atoms. The molecule has 0 aliphatic rings. The van der Waals surface area contributed by atoms with E-state index in [1.807, 2.05) is 0 Å². The number of hydrogen-bond donors (Lipinski definition) is 4. The van der Waals surface area contributed by atoms with E-state index in [0.717, 1.165) is 0 Å². The fraction of sp³-hybridized carbons (Fsp3) is 0. The van der Waals surface area contributed by atoms with Crippen LogP contribution in [0.15, 0.2) is 24.3 Å². The Morgan fingerprint density at radius 3 is 2.50 bits per heavy atom. The largest absolute Gasteiger partial charge is 0.504 e. The number of benzene rings is 1. The van der Waals surface area contributed by atoms with E-state index in [1.165, 1.54) is 24.3 Å². The summed E-state index contributed by atoms with van der Waals surface area (Å²) < 4.78 is 0. The Morgan fingerprint density at radius 1 is 1.19 bits per heavy atom. The minimum atomic E-state index is -1.11. The molecule has 1 heterocycles. The third-order valence-corrected chi connectivity index (χ3v) is 2.08. The second kappa shape index (κ2) is 3.58. The van der Waals surface area contributed by atoms with Gasteiger partial charge >= 0.3 is 5.97 Å². The lowest BCUT2D eigenvalue weighted by atomic mass is 10.1. The molecule has 2 aromatic rings. The fourth-order valence-corrected chi connectivity index (χ4v) is 1.26. The number of aromatic hydroxyl groups is 2. The first-order chi connectivity index (χ1) is 7.58. The van der Waals surface area contributed by atoms with E-state index in [1.54, 1.807) is 0 Å². The van der Waals surface area contributed by atoms with E-state index < -0.39 is 5.97 Å². The smallest absolute Gasteiger partial charge is 0.353 e. The molecule has 0 aliphatic heterocycles. The molecule has 0 unspecified atom stereocenters. The van der Waals surface area contributed by atoms with Crippen LogP contribution in [0.2, 0.25) is 0 Å². The second-order valence-corrected chi connectivity index (χ2v) is 3.18. The Hall–Kier alpha value is -2.50. The predicted molar refractivity (Wildman–Crippen MR) is 54.3 cm³/mol. The Morgan fingerprint density at radius 2 is 1.94 bits per heavy atom. The molecule has 0 saturated carbocycles.